The van der Waals surface area contributed by atoms with Crippen LogP contribution in [0.15, 0.2) is 34.7 Å². The quantitative estimate of drug-likeness (QED) is 0.644. The van der Waals surface area contributed by atoms with E-state index in [1.165, 1.54) is 29.5 Å². The van der Waals surface area contributed by atoms with Crippen molar-refractivity contribution in [2.24, 2.45) is 0 Å². The molecule has 2 rings (SSSR count). The van der Waals surface area contributed by atoms with E-state index in [9.17, 15) is 18.5 Å². The zero-order valence-corrected chi connectivity index (χ0v) is 12.8. The van der Waals surface area contributed by atoms with Gasteiger partial charge in [-0.15, -0.1) is 11.3 Å². The van der Waals surface area contributed by atoms with Crippen molar-refractivity contribution in [2.45, 2.75) is 18.2 Å². The van der Waals surface area contributed by atoms with Gasteiger partial charge in [0.1, 0.15) is 0 Å². The summed E-state index contributed by atoms with van der Waals surface area (Å²) < 4.78 is 26.6. The number of aromatic nitrogens is 1. The molecule has 0 spiro atoms. The number of aryl methyl sites for hydroxylation is 1. The van der Waals surface area contributed by atoms with Crippen molar-refractivity contribution in [1.29, 1.82) is 0 Å². The van der Waals surface area contributed by atoms with Crippen LogP contribution in [0.5, 0.6) is 0 Å². The molecule has 0 bridgehead atoms. The average molecular weight is 327 g/mol. The summed E-state index contributed by atoms with van der Waals surface area (Å²) in [7, 11) is -3.75. The van der Waals surface area contributed by atoms with Gasteiger partial charge in [-0.2, -0.15) is 0 Å². The van der Waals surface area contributed by atoms with Crippen molar-refractivity contribution in [3.8, 4) is 0 Å². The SMILES string of the molecule is Cc1ncsc1CCNS(=O)(=O)c1cccc([N+](=O)[O-])c1. The predicted octanol–water partition coefficient (Wildman–Crippen LogP) is 1.88. The minimum Gasteiger partial charge on any atom is -0.258 e. The Kier molecular flexibility index (Phi) is 4.66. The van der Waals surface area contributed by atoms with Crippen molar-refractivity contribution in [3.63, 3.8) is 0 Å². The van der Waals surface area contributed by atoms with Gasteiger partial charge in [0.15, 0.2) is 0 Å². The fourth-order valence-electron chi connectivity index (χ4n) is 1.71. The van der Waals surface area contributed by atoms with Crippen LogP contribution in [0.2, 0.25) is 0 Å². The average Bonchev–Trinajstić information content (AvgIpc) is 2.84. The highest BCUT2D eigenvalue weighted by Crippen LogP contribution is 2.17. The van der Waals surface area contributed by atoms with Crippen LogP contribution in [-0.2, 0) is 16.4 Å². The monoisotopic (exact) mass is 327 g/mol. The topological polar surface area (TPSA) is 102 Å². The van der Waals surface area contributed by atoms with Crippen molar-refractivity contribution >= 4 is 27.0 Å². The molecule has 0 aliphatic rings. The highest BCUT2D eigenvalue weighted by molar-refractivity contribution is 7.89. The van der Waals surface area contributed by atoms with Crippen molar-refractivity contribution in [2.75, 3.05) is 6.54 Å². The van der Waals surface area contributed by atoms with Crippen LogP contribution in [0.25, 0.3) is 0 Å². The van der Waals surface area contributed by atoms with Gasteiger partial charge in [-0.3, -0.25) is 10.1 Å². The van der Waals surface area contributed by atoms with E-state index < -0.39 is 14.9 Å². The molecule has 0 saturated carbocycles. The summed E-state index contributed by atoms with van der Waals surface area (Å²) in [6, 6.07) is 4.97. The standard InChI is InChI=1S/C12H13N3O4S2/c1-9-12(20-8-13-9)5-6-14-21(18,19)11-4-2-3-10(7-11)15(16)17/h2-4,7-8,14H,5-6H2,1H3. The molecule has 1 aromatic heterocycles. The molecule has 0 radical (unpaired) electrons. The third-order valence-electron chi connectivity index (χ3n) is 2.83. The first kappa shape index (κ1) is 15.5. The van der Waals surface area contributed by atoms with Crippen LogP contribution in [0.3, 0.4) is 0 Å². The molecule has 7 nitrogen and oxygen atoms in total. The lowest BCUT2D eigenvalue weighted by atomic mass is 10.3. The van der Waals surface area contributed by atoms with E-state index in [4.69, 9.17) is 0 Å². The molecule has 112 valence electrons. The molecule has 2 aromatic rings. The van der Waals surface area contributed by atoms with Gasteiger partial charge in [-0.25, -0.2) is 18.1 Å². The Morgan fingerprint density at radius 1 is 1.43 bits per heavy atom. The van der Waals surface area contributed by atoms with Gasteiger partial charge in [0.2, 0.25) is 10.0 Å². The first-order chi connectivity index (χ1) is 9.90. The number of hydrogen-bond acceptors (Lipinski definition) is 6. The highest BCUT2D eigenvalue weighted by atomic mass is 32.2. The number of benzene rings is 1. The van der Waals surface area contributed by atoms with Crippen LogP contribution in [0, 0.1) is 17.0 Å². The normalized spacial score (nSPS) is 11.5. The number of nitrogens with zero attached hydrogens (tertiary/aromatic N) is 2. The number of hydrogen-bond donors (Lipinski definition) is 1. The molecule has 0 saturated heterocycles. The number of nitrogens with one attached hydrogen (secondary N) is 1. The number of non-ortho nitro benzene ring substituents is 1. The third-order valence-corrected chi connectivity index (χ3v) is 5.28. The van der Waals surface area contributed by atoms with E-state index in [1.807, 2.05) is 6.92 Å². The summed E-state index contributed by atoms with van der Waals surface area (Å²) >= 11 is 1.47. The molecule has 1 heterocycles. The van der Waals surface area contributed by atoms with Gasteiger partial charge in [0.25, 0.3) is 5.69 Å². The van der Waals surface area contributed by atoms with Gasteiger partial charge in [-0.05, 0) is 19.4 Å². The number of thiazole rings is 1. The Morgan fingerprint density at radius 2 is 2.19 bits per heavy atom. The Balaban J connectivity index is 2.06. The minimum absolute atomic E-state index is 0.113. The van der Waals surface area contributed by atoms with E-state index in [0.717, 1.165) is 16.6 Å². The summed E-state index contributed by atoms with van der Waals surface area (Å²) in [5, 5.41) is 10.7. The minimum atomic E-state index is -3.75. The maximum atomic E-state index is 12.1. The van der Waals surface area contributed by atoms with Crippen molar-refractivity contribution in [1.82, 2.24) is 9.71 Å². The highest BCUT2D eigenvalue weighted by Gasteiger charge is 2.17. The Hall–Kier alpha value is -1.84. The molecule has 9 heteroatoms. The lowest BCUT2D eigenvalue weighted by Crippen LogP contribution is -2.26. The van der Waals surface area contributed by atoms with Crippen LogP contribution in [-0.4, -0.2) is 24.9 Å². The molecule has 0 amide bonds. The Bertz CT molecular complexity index is 755. The summed E-state index contributed by atoms with van der Waals surface area (Å²) in [6.45, 7) is 2.08. The second-order valence-corrected chi connectivity index (χ2v) is 6.97. The molecule has 0 atom stereocenters. The first-order valence-electron chi connectivity index (χ1n) is 6.03. The largest absolute Gasteiger partial charge is 0.270 e. The molecule has 0 fully saturated rings. The molecular formula is C12H13N3O4S2. The molecule has 0 unspecified atom stereocenters. The molecule has 1 aromatic carbocycles. The van der Waals surface area contributed by atoms with Crippen LogP contribution >= 0.6 is 11.3 Å². The van der Waals surface area contributed by atoms with Gasteiger partial charge >= 0.3 is 0 Å². The van der Waals surface area contributed by atoms with Gasteiger partial charge in [0.05, 0.1) is 21.0 Å². The third kappa shape index (κ3) is 3.84. The van der Waals surface area contributed by atoms with E-state index in [0.29, 0.717) is 6.42 Å². The zero-order valence-electron chi connectivity index (χ0n) is 11.1. The summed E-state index contributed by atoms with van der Waals surface area (Å²) in [5.74, 6) is 0. The number of nitro benzene ring substituents is 1. The second-order valence-electron chi connectivity index (χ2n) is 4.26. The van der Waals surface area contributed by atoms with Gasteiger partial charge < -0.3 is 0 Å². The van der Waals surface area contributed by atoms with Gasteiger partial charge in [-0.1, -0.05) is 6.07 Å². The van der Waals surface area contributed by atoms with Crippen LogP contribution in [0.1, 0.15) is 10.6 Å². The Morgan fingerprint density at radius 3 is 2.81 bits per heavy atom. The van der Waals surface area contributed by atoms with Gasteiger partial charge in [0, 0.05) is 23.6 Å². The Labute approximate surface area is 125 Å². The van der Waals surface area contributed by atoms with Crippen LogP contribution < -0.4 is 4.72 Å². The summed E-state index contributed by atoms with van der Waals surface area (Å²) in [4.78, 5) is 15.0. The number of rotatable bonds is 6. The van der Waals surface area contributed by atoms with E-state index in [2.05, 4.69) is 9.71 Å². The molecule has 1 N–H and O–H groups in total. The number of sulfonamides is 1. The lowest BCUT2D eigenvalue weighted by molar-refractivity contribution is -0.385. The molecule has 0 aliphatic carbocycles. The summed E-state index contributed by atoms with van der Waals surface area (Å²) in [5.41, 5.74) is 2.34. The second kappa shape index (κ2) is 6.29. The van der Waals surface area contributed by atoms with E-state index >= 15 is 0 Å². The molecule has 0 aliphatic heterocycles. The maximum absolute atomic E-state index is 12.1. The predicted molar refractivity (Wildman–Crippen MR) is 78.8 cm³/mol. The molecular weight excluding hydrogens is 314 g/mol. The fraction of sp³-hybridized carbons (Fsp3) is 0.250. The number of nitro groups is 1. The van der Waals surface area contributed by atoms with E-state index in [-0.39, 0.29) is 17.1 Å². The molecule has 21 heavy (non-hydrogen) atoms. The zero-order chi connectivity index (χ0) is 15.5. The van der Waals surface area contributed by atoms with Crippen molar-refractivity contribution < 1.29 is 13.3 Å². The lowest BCUT2D eigenvalue weighted by Gasteiger charge is -2.06. The van der Waals surface area contributed by atoms with E-state index in [1.54, 1.807) is 5.51 Å². The summed E-state index contributed by atoms with van der Waals surface area (Å²) in [6.07, 6.45) is 0.532. The fourth-order valence-corrected chi connectivity index (χ4v) is 3.56. The first-order valence-corrected chi connectivity index (χ1v) is 8.39. The maximum Gasteiger partial charge on any atom is 0.270 e. The van der Waals surface area contributed by atoms with Crippen LogP contribution in [0.4, 0.5) is 5.69 Å². The smallest absolute Gasteiger partial charge is 0.258 e. The van der Waals surface area contributed by atoms with Crippen molar-refractivity contribution in [3.05, 3.63) is 50.5 Å².